The Morgan fingerprint density at radius 2 is 0.532 bits per heavy atom. The van der Waals surface area contributed by atoms with Crippen LogP contribution in [0.15, 0.2) is 170 Å². The van der Waals surface area contributed by atoms with Crippen LogP contribution in [0.5, 0.6) is 0 Å². The molecule has 6 heteroatoms. The SMILES string of the molecule is CC/C=C\C/C=C\C/C=C\C/C=C\C/C=C\C/C=C\C/C=C\C/C=C\C/C=C\CCCCCCCCCC(=O)OCC(COC(=O)CCCCCCC/C=C\CCCC)OC(=O)CC/C=C\C/C=C\C/C=C\C/C=C\CC. The molecule has 0 rings (SSSR count). The van der Waals surface area contributed by atoms with Gasteiger partial charge in [0, 0.05) is 19.3 Å². The van der Waals surface area contributed by atoms with E-state index >= 15 is 0 Å². The molecule has 0 amide bonds. The van der Waals surface area contributed by atoms with E-state index in [0.29, 0.717) is 19.3 Å². The largest absolute Gasteiger partial charge is 0.462 e. The summed E-state index contributed by atoms with van der Waals surface area (Å²) in [6, 6.07) is 0. The van der Waals surface area contributed by atoms with Crippen molar-refractivity contribution in [1.82, 2.24) is 0 Å². The normalized spacial score (nSPS) is 13.3. The van der Waals surface area contributed by atoms with Crippen LogP contribution < -0.4 is 0 Å². The van der Waals surface area contributed by atoms with Crippen molar-refractivity contribution in [3.05, 3.63) is 170 Å². The predicted molar refractivity (Wildman–Crippen MR) is 334 cm³/mol. The Bertz CT molecular complexity index is 1790. The maximum Gasteiger partial charge on any atom is 0.306 e. The Labute approximate surface area is 472 Å². The van der Waals surface area contributed by atoms with E-state index in [0.717, 1.165) is 148 Å². The van der Waals surface area contributed by atoms with Crippen molar-refractivity contribution in [1.29, 1.82) is 0 Å². The molecule has 0 bridgehead atoms. The minimum Gasteiger partial charge on any atom is -0.462 e. The Morgan fingerprint density at radius 1 is 0.273 bits per heavy atom. The maximum absolute atomic E-state index is 12.8. The fourth-order valence-corrected chi connectivity index (χ4v) is 7.66. The molecule has 0 aliphatic heterocycles. The number of allylic oxidation sites excluding steroid dienone is 28. The van der Waals surface area contributed by atoms with E-state index < -0.39 is 12.1 Å². The molecule has 0 N–H and O–H groups in total. The van der Waals surface area contributed by atoms with Gasteiger partial charge in [-0.1, -0.05) is 255 Å². The fraction of sp³-hybridized carbons (Fsp3) is 0.563. The number of hydrogen-bond donors (Lipinski definition) is 0. The summed E-state index contributed by atoms with van der Waals surface area (Å²) >= 11 is 0. The highest BCUT2D eigenvalue weighted by Crippen LogP contribution is 2.13. The summed E-state index contributed by atoms with van der Waals surface area (Å²) in [4.78, 5) is 38.0. The molecule has 0 fully saturated rings. The summed E-state index contributed by atoms with van der Waals surface area (Å²) in [5.74, 6) is -1.03. The quantitative estimate of drug-likeness (QED) is 0.0261. The second-order valence-corrected chi connectivity index (χ2v) is 19.5. The van der Waals surface area contributed by atoms with Gasteiger partial charge in [0.05, 0.1) is 0 Å². The lowest BCUT2D eigenvalue weighted by Crippen LogP contribution is -2.30. The summed E-state index contributed by atoms with van der Waals surface area (Å²) in [7, 11) is 0. The van der Waals surface area contributed by atoms with Gasteiger partial charge in [0.2, 0.25) is 0 Å². The van der Waals surface area contributed by atoms with Crippen LogP contribution in [0.3, 0.4) is 0 Å². The van der Waals surface area contributed by atoms with Crippen molar-refractivity contribution in [3.63, 3.8) is 0 Å². The molecule has 0 saturated heterocycles. The first-order chi connectivity index (χ1) is 38.0. The van der Waals surface area contributed by atoms with Gasteiger partial charge < -0.3 is 14.2 Å². The van der Waals surface area contributed by atoms with Crippen molar-refractivity contribution in [2.45, 2.75) is 245 Å². The molecule has 0 radical (unpaired) electrons. The highest BCUT2D eigenvalue weighted by atomic mass is 16.6. The third-order valence-corrected chi connectivity index (χ3v) is 12.2. The van der Waals surface area contributed by atoms with Gasteiger partial charge in [-0.25, -0.2) is 0 Å². The summed E-state index contributed by atoms with van der Waals surface area (Å²) < 4.78 is 16.7. The van der Waals surface area contributed by atoms with Crippen molar-refractivity contribution >= 4 is 17.9 Å². The average molecular weight is 1060 g/mol. The third kappa shape index (κ3) is 61.5. The van der Waals surface area contributed by atoms with E-state index in [1.165, 1.54) is 44.9 Å². The Balaban J connectivity index is 4.27. The molecule has 0 aromatic carbocycles. The van der Waals surface area contributed by atoms with Gasteiger partial charge in [0.15, 0.2) is 6.10 Å². The second-order valence-electron chi connectivity index (χ2n) is 19.5. The molecule has 6 nitrogen and oxygen atoms in total. The highest BCUT2D eigenvalue weighted by Gasteiger charge is 2.19. The molecule has 77 heavy (non-hydrogen) atoms. The van der Waals surface area contributed by atoms with Crippen molar-refractivity contribution in [3.8, 4) is 0 Å². The lowest BCUT2D eigenvalue weighted by Gasteiger charge is -2.18. The highest BCUT2D eigenvalue weighted by molar-refractivity contribution is 5.71. The molecule has 0 aliphatic rings. The zero-order valence-electron chi connectivity index (χ0n) is 49.1. The molecule has 0 spiro atoms. The van der Waals surface area contributed by atoms with E-state index in [-0.39, 0.29) is 31.6 Å². The van der Waals surface area contributed by atoms with Gasteiger partial charge in [-0.05, 0) is 135 Å². The lowest BCUT2D eigenvalue weighted by molar-refractivity contribution is -0.166. The summed E-state index contributed by atoms with van der Waals surface area (Å²) in [5, 5.41) is 0. The molecular formula is C71H110O6. The van der Waals surface area contributed by atoms with Crippen LogP contribution in [0.1, 0.15) is 239 Å². The number of carbonyl (C=O) groups is 3. The van der Waals surface area contributed by atoms with E-state index in [9.17, 15) is 14.4 Å². The monoisotopic (exact) mass is 1060 g/mol. The maximum atomic E-state index is 12.8. The number of hydrogen-bond acceptors (Lipinski definition) is 6. The van der Waals surface area contributed by atoms with Crippen LogP contribution >= 0.6 is 0 Å². The molecule has 0 heterocycles. The predicted octanol–water partition coefficient (Wildman–Crippen LogP) is 21.1. The Morgan fingerprint density at radius 3 is 0.857 bits per heavy atom. The van der Waals surface area contributed by atoms with Crippen LogP contribution in [0.4, 0.5) is 0 Å². The van der Waals surface area contributed by atoms with E-state index in [4.69, 9.17) is 14.2 Å². The molecule has 1 unspecified atom stereocenters. The van der Waals surface area contributed by atoms with Crippen LogP contribution in [-0.2, 0) is 28.6 Å². The first-order valence-electron chi connectivity index (χ1n) is 30.6. The van der Waals surface area contributed by atoms with Crippen molar-refractivity contribution in [2.75, 3.05) is 13.2 Å². The second kappa shape index (κ2) is 63.3. The van der Waals surface area contributed by atoms with Crippen LogP contribution in [0.25, 0.3) is 0 Å². The number of esters is 3. The van der Waals surface area contributed by atoms with Gasteiger partial charge in [-0.3, -0.25) is 14.4 Å². The molecule has 0 aromatic heterocycles. The van der Waals surface area contributed by atoms with Gasteiger partial charge >= 0.3 is 17.9 Å². The fourth-order valence-electron chi connectivity index (χ4n) is 7.66. The first-order valence-corrected chi connectivity index (χ1v) is 30.6. The van der Waals surface area contributed by atoms with Crippen molar-refractivity contribution < 1.29 is 28.6 Å². The molecule has 0 saturated carbocycles. The van der Waals surface area contributed by atoms with Crippen LogP contribution in [0, 0.1) is 0 Å². The van der Waals surface area contributed by atoms with E-state index in [1.54, 1.807) is 0 Å². The number of ether oxygens (including phenoxy) is 3. The lowest BCUT2D eigenvalue weighted by atomic mass is 10.1. The molecule has 0 aliphatic carbocycles. The molecule has 1 atom stereocenters. The number of carbonyl (C=O) groups excluding carboxylic acids is 3. The smallest absolute Gasteiger partial charge is 0.306 e. The van der Waals surface area contributed by atoms with Crippen LogP contribution in [0.2, 0.25) is 0 Å². The minimum absolute atomic E-state index is 0.121. The van der Waals surface area contributed by atoms with Gasteiger partial charge in [-0.15, -0.1) is 0 Å². The topological polar surface area (TPSA) is 78.9 Å². The summed E-state index contributed by atoms with van der Waals surface area (Å²) in [6.45, 7) is 6.27. The zero-order valence-corrected chi connectivity index (χ0v) is 49.1. The Kier molecular flexibility index (Phi) is 59.0. The zero-order chi connectivity index (χ0) is 55.7. The van der Waals surface area contributed by atoms with E-state index in [2.05, 4.69) is 179 Å². The average Bonchev–Trinajstić information content (AvgIpc) is 3.43. The number of unbranched alkanes of at least 4 members (excludes halogenated alkanes) is 14. The third-order valence-electron chi connectivity index (χ3n) is 12.2. The van der Waals surface area contributed by atoms with Gasteiger partial charge in [-0.2, -0.15) is 0 Å². The Hall–Kier alpha value is -5.23. The minimum atomic E-state index is -0.831. The van der Waals surface area contributed by atoms with Crippen LogP contribution in [-0.4, -0.2) is 37.2 Å². The van der Waals surface area contributed by atoms with Gasteiger partial charge in [0.25, 0.3) is 0 Å². The molecule has 430 valence electrons. The summed E-state index contributed by atoms with van der Waals surface area (Å²) in [6.07, 6.45) is 93.8. The van der Waals surface area contributed by atoms with Gasteiger partial charge in [0.1, 0.15) is 13.2 Å². The van der Waals surface area contributed by atoms with Crippen molar-refractivity contribution in [2.24, 2.45) is 0 Å². The molecular weight excluding hydrogens is 949 g/mol. The van der Waals surface area contributed by atoms with E-state index in [1.807, 2.05) is 12.2 Å². The summed E-state index contributed by atoms with van der Waals surface area (Å²) in [5.41, 5.74) is 0. The standard InChI is InChI=1S/C71H110O6/c1-4-7-10-13-16-19-22-24-25-26-27-28-29-30-31-32-33-34-35-36-37-38-39-40-41-42-43-44-45-47-49-52-55-58-61-64-70(73)76-67-68(66-75-69(72)63-60-57-54-51-48-21-18-15-12-9-6-3)77-71(74)65-62-59-56-53-50-46-23-20-17-14-11-8-5-2/h7-8,10-11,15-20,24-25,27-28,30-31,33-34,36-37,39-40,42-43,46,50,56,59,68H,4-6,9,12-14,21-23,26,29,32,35,38,41,44-45,47-49,51-55,57-58,60-67H2,1-3H3/b10-7-,11-8-,18-15-,19-16-,20-17-,25-24-,28-27-,31-30-,34-33-,37-36-,40-39-,43-42-,50-46-,59-56-. The molecule has 0 aromatic rings. The first kappa shape index (κ1) is 71.8. The number of rotatable bonds is 53.